The van der Waals surface area contributed by atoms with E-state index < -0.39 is 0 Å². The molecule has 0 unspecified atom stereocenters. The van der Waals surface area contributed by atoms with E-state index in [1.54, 1.807) is 0 Å². The summed E-state index contributed by atoms with van der Waals surface area (Å²) in [6.07, 6.45) is 0. The molecule has 0 atom stereocenters. The number of pyridine rings is 1. The molecule has 9 heavy (non-hydrogen) atoms. The van der Waals surface area contributed by atoms with Crippen molar-refractivity contribution in [2.45, 2.75) is 11.9 Å². The zero-order chi connectivity index (χ0) is 5.98. The first-order valence-electron chi connectivity index (χ1n) is 2.41. The average molecular weight is 149 g/mol. The van der Waals surface area contributed by atoms with Crippen LogP contribution in [0.15, 0.2) is 23.2 Å². The van der Waals surface area contributed by atoms with E-state index in [9.17, 15) is 0 Å². The Balaban J connectivity index is 0.000000640. The van der Waals surface area contributed by atoms with Crippen molar-refractivity contribution >= 4 is 42.2 Å². The van der Waals surface area contributed by atoms with Gasteiger partial charge in [0, 0.05) is 5.69 Å². The van der Waals surface area contributed by atoms with Crippen LogP contribution < -0.4 is 0 Å². The van der Waals surface area contributed by atoms with E-state index >= 15 is 0 Å². The Kier molecular flexibility index (Phi) is 4.58. The zero-order valence-electron chi connectivity index (χ0n) is 4.63. The molecule has 0 N–H and O–H groups in total. The van der Waals surface area contributed by atoms with Gasteiger partial charge in [0.1, 0.15) is 0 Å². The Hall–Kier alpha value is 0.500. The van der Waals surface area contributed by atoms with Gasteiger partial charge in [0.2, 0.25) is 0 Å². The molecule has 1 nitrogen and oxygen atoms in total. The number of aryl methyl sites for hydroxylation is 1. The third kappa shape index (κ3) is 3.26. The number of nitrogens with zero attached hydrogens (tertiary/aromatic N) is 1. The molecule has 0 aliphatic heterocycles. The Morgan fingerprint density at radius 3 is 2.44 bits per heavy atom. The molecule has 0 radical (unpaired) electrons. The number of aromatic nitrogens is 1. The second-order valence-electron chi connectivity index (χ2n) is 1.64. The van der Waals surface area contributed by atoms with Crippen molar-refractivity contribution in [3.8, 4) is 0 Å². The van der Waals surface area contributed by atoms with Gasteiger partial charge in [0.15, 0.2) is 0 Å². The third-order valence-electron chi connectivity index (χ3n) is 0.874. The fourth-order valence-corrected chi connectivity index (χ4v) is 0.772. The molecule has 0 aliphatic rings. The maximum atomic E-state index is 4.04. The van der Waals surface area contributed by atoms with Crippen LogP contribution in [0.5, 0.6) is 0 Å². The predicted octanol–water partition coefficient (Wildman–Crippen LogP) is 1.03. The van der Waals surface area contributed by atoms with Crippen LogP contribution in [0.2, 0.25) is 0 Å². The van der Waals surface area contributed by atoms with Gasteiger partial charge in [0.05, 0.1) is 5.03 Å². The van der Waals surface area contributed by atoms with E-state index in [0.717, 1.165) is 10.7 Å². The standard InChI is InChI=1S/C6H7NS.Na.H/c1-5-3-2-4-6(8)7-5;;/h2-4H,1H3,(H,7,8);;. The fourth-order valence-electron chi connectivity index (χ4n) is 0.529. The van der Waals surface area contributed by atoms with E-state index in [-0.39, 0.29) is 29.6 Å². The SMILES string of the molecule is Cc1cccc(S)n1.[NaH]. The monoisotopic (exact) mass is 149 g/mol. The molecule has 44 valence electrons. The van der Waals surface area contributed by atoms with E-state index in [0.29, 0.717) is 0 Å². The van der Waals surface area contributed by atoms with E-state index in [1.807, 2.05) is 25.1 Å². The quantitative estimate of drug-likeness (QED) is 0.429. The van der Waals surface area contributed by atoms with Crippen molar-refractivity contribution in [1.82, 2.24) is 4.98 Å². The van der Waals surface area contributed by atoms with Crippen LogP contribution in [0.25, 0.3) is 0 Å². The van der Waals surface area contributed by atoms with Crippen molar-refractivity contribution in [2.75, 3.05) is 0 Å². The molecule has 1 rings (SSSR count). The molecule has 0 amide bonds. The number of rotatable bonds is 0. The second-order valence-corrected chi connectivity index (χ2v) is 2.10. The summed E-state index contributed by atoms with van der Waals surface area (Å²) in [5.74, 6) is 0. The first-order valence-corrected chi connectivity index (χ1v) is 2.86. The topological polar surface area (TPSA) is 12.9 Å². The Morgan fingerprint density at radius 2 is 2.11 bits per heavy atom. The molecule has 0 saturated carbocycles. The molecule has 0 fully saturated rings. The van der Waals surface area contributed by atoms with Gasteiger partial charge in [-0.2, -0.15) is 0 Å². The first-order chi connectivity index (χ1) is 3.79. The van der Waals surface area contributed by atoms with Crippen LogP contribution >= 0.6 is 12.6 Å². The van der Waals surface area contributed by atoms with E-state index in [1.165, 1.54) is 0 Å². The summed E-state index contributed by atoms with van der Waals surface area (Å²) in [7, 11) is 0. The van der Waals surface area contributed by atoms with Crippen LogP contribution in [0.1, 0.15) is 5.69 Å². The predicted molar refractivity (Wildman–Crippen MR) is 43.4 cm³/mol. The van der Waals surface area contributed by atoms with Gasteiger partial charge in [-0.1, -0.05) is 6.07 Å². The van der Waals surface area contributed by atoms with Crippen molar-refractivity contribution in [1.29, 1.82) is 0 Å². The number of hydrogen-bond donors (Lipinski definition) is 1. The molecular weight excluding hydrogens is 141 g/mol. The molecule has 0 aliphatic carbocycles. The van der Waals surface area contributed by atoms with Crippen LogP contribution in [-0.4, -0.2) is 34.5 Å². The Bertz CT molecular complexity index is 173. The Labute approximate surface area is 82.6 Å². The summed E-state index contributed by atoms with van der Waals surface area (Å²) in [6, 6.07) is 5.74. The van der Waals surface area contributed by atoms with Crippen LogP contribution in [0, 0.1) is 6.92 Å². The Morgan fingerprint density at radius 1 is 1.44 bits per heavy atom. The van der Waals surface area contributed by atoms with Gasteiger partial charge in [-0.25, -0.2) is 4.98 Å². The minimum atomic E-state index is 0. The summed E-state index contributed by atoms with van der Waals surface area (Å²) >= 11 is 4.04. The van der Waals surface area contributed by atoms with Gasteiger partial charge < -0.3 is 0 Å². The molecule has 3 heteroatoms. The summed E-state index contributed by atoms with van der Waals surface area (Å²) in [5.41, 5.74) is 1.01. The average Bonchev–Trinajstić information content (AvgIpc) is 1.64. The summed E-state index contributed by atoms with van der Waals surface area (Å²) < 4.78 is 0. The van der Waals surface area contributed by atoms with Gasteiger partial charge >= 0.3 is 29.6 Å². The molecule has 1 heterocycles. The van der Waals surface area contributed by atoms with E-state index in [4.69, 9.17) is 0 Å². The molecular formula is C6H8NNaS. The van der Waals surface area contributed by atoms with Gasteiger partial charge in [-0.15, -0.1) is 12.6 Å². The minimum absolute atomic E-state index is 0. The fraction of sp³-hybridized carbons (Fsp3) is 0.167. The normalized spacial score (nSPS) is 8.22. The molecule has 0 saturated heterocycles. The van der Waals surface area contributed by atoms with Crippen molar-refractivity contribution < 1.29 is 0 Å². The van der Waals surface area contributed by atoms with Crippen LogP contribution in [0.3, 0.4) is 0 Å². The van der Waals surface area contributed by atoms with Crippen molar-refractivity contribution in [3.63, 3.8) is 0 Å². The summed E-state index contributed by atoms with van der Waals surface area (Å²) in [6.45, 7) is 1.94. The third-order valence-corrected chi connectivity index (χ3v) is 1.12. The zero-order valence-corrected chi connectivity index (χ0v) is 5.52. The molecule has 1 aromatic heterocycles. The maximum absolute atomic E-state index is 4.04. The van der Waals surface area contributed by atoms with Gasteiger partial charge in [0.25, 0.3) is 0 Å². The van der Waals surface area contributed by atoms with Crippen molar-refractivity contribution in [3.05, 3.63) is 23.9 Å². The molecule has 0 spiro atoms. The molecule has 0 aromatic carbocycles. The van der Waals surface area contributed by atoms with Crippen molar-refractivity contribution in [2.24, 2.45) is 0 Å². The number of thiol groups is 1. The molecule has 0 bridgehead atoms. The first kappa shape index (κ1) is 9.50. The van der Waals surface area contributed by atoms with Gasteiger partial charge in [-0.3, -0.25) is 0 Å². The van der Waals surface area contributed by atoms with Crippen LogP contribution in [-0.2, 0) is 0 Å². The van der Waals surface area contributed by atoms with E-state index in [2.05, 4.69) is 17.6 Å². The van der Waals surface area contributed by atoms with Crippen LogP contribution in [0.4, 0.5) is 0 Å². The summed E-state index contributed by atoms with van der Waals surface area (Å²) in [4.78, 5) is 4.04. The summed E-state index contributed by atoms with van der Waals surface area (Å²) in [5, 5.41) is 0.782. The second kappa shape index (κ2) is 4.34. The molecule has 1 aromatic rings. The number of hydrogen-bond acceptors (Lipinski definition) is 2. The van der Waals surface area contributed by atoms with Gasteiger partial charge in [-0.05, 0) is 19.1 Å².